The number of ether oxygens (including phenoxy) is 2. The van der Waals surface area contributed by atoms with Gasteiger partial charge in [0.1, 0.15) is 17.3 Å². The number of nitrogens with one attached hydrogen (secondary N) is 1. The van der Waals surface area contributed by atoms with Crippen LogP contribution in [0.1, 0.15) is 12.8 Å². The van der Waals surface area contributed by atoms with Crippen molar-refractivity contribution in [2.45, 2.75) is 12.8 Å². The minimum absolute atomic E-state index is 0.0512. The summed E-state index contributed by atoms with van der Waals surface area (Å²) in [6.45, 7) is 1.29. The van der Waals surface area contributed by atoms with Gasteiger partial charge in [-0.15, -0.1) is 0 Å². The van der Waals surface area contributed by atoms with E-state index in [0.29, 0.717) is 48.8 Å². The summed E-state index contributed by atoms with van der Waals surface area (Å²) in [5.41, 5.74) is 1.19. The standard InChI is InChI=1S/C20H23FN2O3/c1-25-15-7-8-19(26-2)17(13-15)22-20(24)14-9-11-23(12-10-14)18-6-4-3-5-16(18)21/h3-8,13-14H,9-12H2,1-2H3,(H,22,24). The van der Waals surface area contributed by atoms with Crippen molar-refractivity contribution in [3.8, 4) is 11.5 Å². The summed E-state index contributed by atoms with van der Waals surface area (Å²) < 4.78 is 24.4. The van der Waals surface area contributed by atoms with Crippen LogP contribution in [-0.2, 0) is 4.79 Å². The number of anilines is 2. The number of methoxy groups -OCH3 is 2. The Balaban J connectivity index is 1.63. The molecule has 26 heavy (non-hydrogen) atoms. The number of carbonyl (C=O) groups excluding carboxylic acids is 1. The van der Waals surface area contributed by atoms with Gasteiger partial charge in [-0.05, 0) is 37.1 Å². The Labute approximate surface area is 152 Å². The Morgan fingerprint density at radius 1 is 1.12 bits per heavy atom. The van der Waals surface area contributed by atoms with Gasteiger partial charge in [0.15, 0.2) is 0 Å². The summed E-state index contributed by atoms with van der Waals surface area (Å²) in [6, 6.07) is 12.0. The first kappa shape index (κ1) is 18.0. The van der Waals surface area contributed by atoms with Gasteiger partial charge in [0.2, 0.25) is 5.91 Å². The summed E-state index contributed by atoms with van der Waals surface area (Å²) in [4.78, 5) is 14.6. The fraction of sp³-hybridized carbons (Fsp3) is 0.350. The molecule has 2 aromatic rings. The molecule has 0 bridgehead atoms. The monoisotopic (exact) mass is 358 g/mol. The maximum atomic E-state index is 13.9. The summed E-state index contributed by atoms with van der Waals surface area (Å²) in [6.07, 6.45) is 1.35. The molecule has 1 N–H and O–H groups in total. The molecule has 2 aromatic carbocycles. The third-order valence-corrected chi connectivity index (χ3v) is 4.72. The van der Waals surface area contributed by atoms with Crippen LogP contribution in [0.4, 0.5) is 15.8 Å². The van der Waals surface area contributed by atoms with Crippen LogP contribution in [0.25, 0.3) is 0 Å². The molecule has 0 saturated carbocycles. The fourth-order valence-electron chi connectivity index (χ4n) is 3.24. The van der Waals surface area contributed by atoms with E-state index >= 15 is 0 Å². The molecule has 1 fully saturated rings. The molecule has 138 valence electrons. The Morgan fingerprint density at radius 3 is 2.50 bits per heavy atom. The van der Waals surface area contributed by atoms with Crippen molar-refractivity contribution in [3.05, 3.63) is 48.3 Å². The van der Waals surface area contributed by atoms with Gasteiger partial charge in [0, 0.05) is 25.1 Å². The van der Waals surface area contributed by atoms with Crippen molar-refractivity contribution in [2.75, 3.05) is 37.5 Å². The van der Waals surface area contributed by atoms with Gasteiger partial charge in [-0.25, -0.2) is 4.39 Å². The topological polar surface area (TPSA) is 50.8 Å². The van der Waals surface area contributed by atoms with Crippen molar-refractivity contribution >= 4 is 17.3 Å². The second kappa shape index (κ2) is 8.08. The van der Waals surface area contributed by atoms with Crippen LogP contribution >= 0.6 is 0 Å². The lowest BCUT2D eigenvalue weighted by atomic mass is 9.95. The van der Waals surface area contributed by atoms with Crippen molar-refractivity contribution in [1.82, 2.24) is 0 Å². The zero-order chi connectivity index (χ0) is 18.5. The van der Waals surface area contributed by atoms with Crippen LogP contribution in [0.2, 0.25) is 0 Å². The molecule has 5 nitrogen and oxygen atoms in total. The first-order valence-corrected chi connectivity index (χ1v) is 8.64. The van der Waals surface area contributed by atoms with Gasteiger partial charge in [0.05, 0.1) is 25.6 Å². The second-order valence-electron chi connectivity index (χ2n) is 6.27. The normalized spacial score (nSPS) is 14.8. The maximum absolute atomic E-state index is 13.9. The molecule has 1 aliphatic heterocycles. The molecule has 6 heteroatoms. The van der Waals surface area contributed by atoms with Gasteiger partial charge in [-0.2, -0.15) is 0 Å². The predicted molar refractivity (Wildman–Crippen MR) is 99.5 cm³/mol. The minimum atomic E-state index is -0.225. The van der Waals surface area contributed by atoms with Crippen LogP contribution in [-0.4, -0.2) is 33.2 Å². The molecule has 3 rings (SSSR count). The lowest BCUT2D eigenvalue weighted by Gasteiger charge is -2.33. The molecular formula is C20H23FN2O3. The third-order valence-electron chi connectivity index (χ3n) is 4.72. The lowest BCUT2D eigenvalue weighted by molar-refractivity contribution is -0.120. The number of carbonyl (C=O) groups is 1. The molecule has 1 saturated heterocycles. The first-order valence-electron chi connectivity index (χ1n) is 8.64. The predicted octanol–water partition coefficient (Wildman–Crippen LogP) is 3.70. The van der Waals surface area contributed by atoms with Gasteiger partial charge < -0.3 is 19.7 Å². The van der Waals surface area contributed by atoms with E-state index in [2.05, 4.69) is 5.32 Å². The number of benzene rings is 2. The molecule has 1 heterocycles. The molecule has 0 unspecified atom stereocenters. The van der Waals surface area contributed by atoms with Crippen molar-refractivity contribution < 1.29 is 18.7 Å². The van der Waals surface area contributed by atoms with Crippen LogP contribution < -0.4 is 19.7 Å². The van der Waals surface area contributed by atoms with E-state index in [1.807, 2.05) is 11.0 Å². The average Bonchev–Trinajstić information content (AvgIpc) is 2.68. The van der Waals surface area contributed by atoms with Gasteiger partial charge >= 0.3 is 0 Å². The number of halogens is 1. The Bertz CT molecular complexity index is 773. The van der Waals surface area contributed by atoms with E-state index in [-0.39, 0.29) is 17.6 Å². The molecule has 0 aliphatic carbocycles. The number of amides is 1. The number of rotatable bonds is 5. The molecule has 1 aliphatic rings. The van der Waals surface area contributed by atoms with E-state index in [1.165, 1.54) is 6.07 Å². The lowest BCUT2D eigenvalue weighted by Crippen LogP contribution is -2.38. The van der Waals surface area contributed by atoms with E-state index in [0.717, 1.165) is 0 Å². The minimum Gasteiger partial charge on any atom is -0.497 e. The highest BCUT2D eigenvalue weighted by molar-refractivity contribution is 5.94. The second-order valence-corrected chi connectivity index (χ2v) is 6.27. The number of hydrogen-bond donors (Lipinski definition) is 1. The zero-order valence-corrected chi connectivity index (χ0v) is 15.0. The molecular weight excluding hydrogens is 335 g/mol. The smallest absolute Gasteiger partial charge is 0.227 e. The van der Waals surface area contributed by atoms with Crippen LogP contribution in [0.3, 0.4) is 0 Å². The fourth-order valence-corrected chi connectivity index (χ4v) is 3.24. The Hall–Kier alpha value is -2.76. The number of nitrogens with zero attached hydrogens (tertiary/aromatic N) is 1. The molecule has 0 aromatic heterocycles. The zero-order valence-electron chi connectivity index (χ0n) is 15.0. The largest absolute Gasteiger partial charge is 0.497 e. The average molecular weight is 358 g/mol. The molecule has 1 amide bonds. The van der Waals surface area contributed by atoms with E-state index in [1.54, 1.807) is 44.6 Å². The third kappa shape index (κ3) is 3.90. The van der Waals surface area contributed by atoms with E-state index in [9.17, 15) is 9.18 Å². The Kier molecular flexibility index (Phi) is 5.61. The summed E-state index contributed by atoms with van der Waals surface area (Å²) in [5.74, 6) is 0.841. The van der Waals surface area contributed by atoms with E-state index < -0.39 is 0 Å². The maximum Gasteiger partial charge on any atom is 0.227 e. The number of hydrogen-bond acceptors (Lipinski definition) is 4. The number of para-hydroxylation sites is 1. The van der Waals surface area contributed by atoms with E-state index in [4.69, 9.17) is 9.47 Å². The molecule has 0 spiro atoms. The van der Waals surface area contributed by atoms with Crippen LogP contribution in [0, 0.1) is 11.7 Å². The van der Waals surface area contributed by atoms with Gasteiger partial charge in [-0.1, -0.05) is 12.1 Å². The highest BCUT2D eigenvalue weighted by atomic mass is 19.1. The van der Waals surface area contributed by atoms with Crippen LogP contribution in [0.15, 0.2) is 42.5 Å². The Morgan fingerprint density at radius 2 is 1.85 bits per heavy atom. The quantitative estimate of drug-likeness (QED) is 0.885. The summed E-state index contributed by atoms with van der Waals surface area (Å²) in [7, 11) is 3.14. The van der Waals surface area contributed by atoms with Gasteiger partial charge in [-0.3, -0.25) is 4.79 Å². The van der Waals surface area contributed by atoms with Crippen molar-refractivity contribution in [1.29, 1.82) is 0 Å². The van der Waals surface area contributed by atoms with Crippen LogP contribution in [0.5, 0.6) is 11.5 Å². The molecule has 0 atom stereocenters. The highest BCUT2D eigenvalue weighted by Gasteiger charge is 2.26. The van der Waals surface area contributed by atoms with Crippen molar-refractivity contribution in [2.24, 2.45) is 5.92 Å². The summed E-state index contributed by atoms with van der Waals surface area (Å²) in [5, 5.41) is 2.94. The molecule has 0 radical (unpaired) electrons. The van der Waals surface area contributed by atoms with Crippen molar-refractivity contribution in [3.63, 3.8) is 0 Å². The van der Waals surface area contributed by atoms with Gasteiger partial charge in [0.25, 0.3) is 0 Å². The SMILES string of the molecule is COc1ccc(OC)c(NC(=O)C2CCN(c3ccccc3F)CC2)c1. The highest BCUT2D eigenvalue weighted by Crippen LogP contribution is 2.31. The number of piperidine rings is 1. The first-order chi connectivity index (χ1) is 12.6. The summed E-state index contributed by atoms with van der Waals surface area (Å²) >= 11 is 0.